The van der Waals surface area contributed by atoms with Crippen molar-refractivity contribution in [3.05, 3.63) is 0 Å². The first kappa shape index (κ1) is 13.3. The maximum absolute atomic E-state index is 11.9. The van der Waals surface area contributed by atoms with E-state index in [0.717, 1.165) is 12.8 Å². The van der Waals surface area contributed by atoms with Gasteiger partial charge in [0.15, 0.2) is 0 Å². The highest BCUT2D eigenvalue weighted by Gasteiger charge is 2.41. The van der Waals surface area contributed by atoms with Gasteiger partial charge in [-0.05, 0) is 25.7 Å². The van der Waals surface area contributed by atoms with Crippen molar-refractivity contribution >= 4 is 5.91 Å². The highest BCUT2D eigenvalue weighted by atomic mass is 19.4. The molecule has 1 aliphatic carbocycles. The van der Waals surface area contributed by atoms with Crippen LogP contribution in [0.1, 0.15) is 32.6 Å². The van der Waals surface area contributed by atoms with Crippen LogP contribution >= 0.6 is 0 Å². The van der Waals surface area contributed by atoms with Crippen molar-refractivity contribution in [2.24, 2.45) is 11.7 Å². The zero-order chi connectivity index (χ0) is 12.4. The van der Waals surface area contributed by atoms with Gasteiger partial charge in [0, 0.05) is 13.0 Å². The summed E-state index contributed by atoms with van der Waals surface area (Å²) in [6.45, 7) is 2.05. The Balaban J connectivity index is 2.38. The molecule has 0 radical (unpaired) electrons. The summed E-state index contributed by atoms with van der Waals surface area (Å²) in [7, 11) is 0. The Morgan fingerprint density at radius 1 is 1.44 bits per heavy atom. The van der Waals surface area contributed by atoms with Gasteiger partial charge in [-0.15, -0.1) is 0 Å². The molecule has 0 saturated heterocycles. The van der Waals surface area contributed by atoms with E-state index in [1.54, 1.807) is 6.92 Å². The largest absolute Gasteiger partial charge is 0.389 e. The molecule has 1 atom stereocenters. The molecule has 6 heteroatoms. The average molecular weight is 238 g/mol. The summed E-state index contributed by atoms with van der Waals surface area (Å²) in [6.07, 6.45) is -3.92. The van der Waals surface area contributed by atoms with Crippen LogP contribution in [0.2, 0.25) is 0 Å². The number of hydrogen-bond acceptors (Lipinski definition) is 2. The average Bonchev–Trinajstić information content (AvgIpc) is 2.96. The van der Waals surface area contributed by atoms with Gasteiger partial charge >= 0.3 is 6.18 Å². The van der Waals surface area contributed by atoms with E-state index in [4.69, 9.17) is 5.73 Å². The minimum absolute atomic E-state index is 0.259. The Bertz CT molecular complexity index is 263. The molecule has 0 aliphatic heterocycles. The van der Waals surface area contributed by atoms with E-state index < -0.39 is 30.5 Å². The number of rotatable bonds is 5. The van der Waals surface area contributed by atoms with E-state index in [2.05, 4.69) is 5.32 Å². The molecule has 1 unspecified atom stereocenters. The SMILES string of the molecule is CC(CN)(NC(=O)CCC(F)(F)F)C1CC1. The molecule has 1 rings (SSSR count). The monoisotopic (exact) mass is 238 g/mol. The third kappa shape index (κ3) is 4.00. The van der Waals surface area contributed by atoms with E-state index in [1.165, 1.54) is 0 Å². The van der Waals surface area contributed by atoms with Crippen LogP contribution in [0.25, 0.3) is 0 Å². The molecular formula is C10H17F3N2O. The van der Waals surface area contributed by atoms with Crippen molar-refractivity contribution in [1.82, 2.24) is 5.32 Å². The highest BCUT2D eigenvalue weighted by Crippen LogP contribution is 2.39. The van der Waals surface area contributed by atoms with Crippen molar-refractivity contribution in [2.75, 3.05) is 6.54 Å². The minimum Gasteiger partial charge on any atom is -0.349 e. The van der Waals surface area contributed by atoms with Gasteiger partial charge < -0.3 is 11.1 Å². The van der Waals surface area contributed by atoms with E-state index in [-0.39, 0.29) is 6.54 Å². The van der Waals surface area contributed by atoms with Crippen LogP contribution in [0.15, 0.2) is 0 Å². The summed E-state index contributed by atoms with van der Waals surface area (Å²) in [5.41, 5.74) is 5.00. The molecule has 0 aromatic heterocycles. The summed E-state index contributed by atoms with van der Waals surface area (Å²) in [5.74, 6) is -0.260. The second-order valence-corrected chi connectivity index (χ2v) is 4.56. The third-order valence-corrected chi connectivity index (χ3v) is 2.96. The topological polar surface area (TPSA) is 55.1 Å². The number of carbonyl (C=O) groups is 1. The first-order chi connectivity index (χ1) is 7.27. The zero-order valence-corrected chi connectivity index (χ0v) is 9.23. The Labute approximate surface area is 92.6 Å². The molecule has 16 heavy (non-hydrogen) atoms. The van der Waals surface area contributed by atoms with Crippen LogP contribution in [0.3, 0.4) is 0 Å². The summed E-state index contributed by atoms with van der Waals surface area (Å²) in [4.78, 5) is 11.3. The maximum Gasteiger partial charge on any atom is 0.389 e. The molecule has 1 saturated carbocycles. The Kier molecular flexibility index (Phi) is 3.83. The lowest BCUT2D eigenvalue weighted by atomic mass is 9.95. The lowest BCUT2D eigenvalue weighted by Crippen LogP contribution is -2.53. The molecule has 0 bridgehead atoms. The van der Waals surface area contributed by atoms with Crippen molar-refractivity contribution in [3.8, 4) is 0 Å². The number of hydrogen-bond donors (Lipinski definition) is 2. The molecule has 3 nitrogen and oxygen atoms in total. The summed E-state index contributed by atoms with van der Waals surface area (Å²) < 4.78 is 35.7. The van der Waals surface area contributed by atoms with Gasteiger partial charge in [0.05, 0.1) is 12.0 Å². The van der Waals surface area contributed by atoms with Crippen LogP contribution in [0.4, 0.5) is 13.2 Å². The fourth-order valence-corrected chi connectivity index (χ4v) is 1.68. The Morgan fingerprint density at radius 3 is 2.38 bits per heavy atom. The molecule has 3 N–H and O–H groups in total. The van der Waals surface area contributed by atoms with Crippen molar-refractivity contribution in [2.45, 2.75) is 44.3 Å². The highest BCUT2D eigenvalue weighted by molar-refractivity contribution is 5.76. The second-order valence-electron chi connectivity index (χ2n) is 4.56. The van der Waals surface area contributed by atoms with Gasteiger partial charge in [0.2, 0.25) is 5.91 Å². The normalized spacial score (nSPS) is 20.3. The summed E-state index contributed by atoms with van der Waals surface area (Å²) >= 11 is 0. The van der Waals surface area contributed by atoms with Gasteiger partial charge in [0.25, 0.3) is 0 Å². The zero-order valence-electron chi connectivity index (χ0n) is 9.23. The van der Waals surface area contributed by atoms with Crippen LogP contribution in [-0.4, -0.2) is 24.2 Å². The lowest BCUT2D eigenvalue weighted by molar-refractivity contribution is -0.144. The summed E-state index contributed by atoms with van der Waals surface area (Å²) in [6, 6.07) is 0. The standard InChI is InChI=1S/C10H17F3N2O/c1-9(6-14,7-2-3-7)15-8(16)4-5-10(11,12)13/h7H,2-6,14H2,1H3,(H,15,16). The Morgan fingerprint density at radius 2 is 2.00 bits per heavy atom. The third-order valence-electron chi connectivity index (χ3n) is 2.96. The minimum atomic E-state index is -4.28. The predicted molar refractivity (Wildman–Crippen MR) is 53.6 cm³/mol. The van der Waals surface area contributed by atoms with Crippen LogP contribution in [0.5, 0.6) is 0 Å². The van der Waals surface area contributed by atoms with Crippen molar-refractivity contribution in [3.63, 3.8) is 0 Å². The molecule has 94 valence electrons. The van der Waals surface area contributed by atoms with E-state index >= 15 is 0 Å². The molecule has 1 fully saturated rings. The molecule has 1 aliphatic rings. The fourth-order valence-electron chi connectivity index (χ4n) is 1.68. The van der Waals surface area contributed by atoms with Crippen LogP contribution < -0.4 is 11.1 Å². The van der Waals surface area contributed by atoms with Gasteiger partial charge in [-0.2, -0.15) is 13.2 Å². The van der Waals surface area contributed by atoms with E-state index in [0.29, 0.717) is 5.92 Å². The number of amides is 1. The lowest BCUT2D eigenvalue weighted by Gasteiger charge is -2.29. The molecule has 0 aromatic carbocycles. The van der Waals surface area contributed by atoms with Gasteiger partial charge in [0.1, 0.15) is 0 Å². The predicted octanol–water partition coefficient (Wildman–Crippen LogP) is 1.57. The van der Waals surface area contributed by atoms with Crippen LogP contribution in [-0.2, 0) is 4.79 Å². The molecule has 0 heterocycles. The number of nitrogens with two attached hydrogens (primary N) is 1. The maximum atomic E-state index is 11.9. The van der Waals surface area contributed by atoms with Crippen molar-refractivity contribution < 1.29 is 18.0 Å². The Hall–Kier alpha value is -0.780. The smallest absolute Gasteiger partial charge is 0.349 e. The molecule has 1 amide bonds. The number of halogens is 3. The first-order valence-corrected chi connectivity index (χ1v) is 5.35. The molecular weight excluding hydrogens is 221 g/mol. The number of carbonyl (C=O) groups excluding carboxylic acids is 1. The number of alkyl halides is 3. The van der Waals surface area contributed by atoms with Gasteiger partial charge in [-0.3, -0.25) is 4.79 Å². The van der Waals surface area contributed by atoms with Gasteiger partial charge in [-0.1, -0.05) is 0 Å². The molecule has 0 spiro atoms. The quantitative estimate of drug-likeness (QED) is 0.764. The van der Waals surface area contributed by atoms with Crippen LogP contribution in [0, 0.1) is 5.92 Å². The number of nitrogens with one attached hydrogen (secondary N) is 1. The van der Waals surface area contributed by atoms with E-state index in [1.807, 2.05) is 0 Å². The fraction of sp³-hybridized carbons (Fsp3) is 0.900. The van der Waals surface area contributed by atoms with Gasteiger partial charge in [-0.25, -0.2) is 0 Å². The second kappa shape index (κ2) is 4.61. The summed E-state index contributed by atoms with van der Waals surface area (Å²) in [5, 5.41) is 2.61. The van der Waals surface area contributed by atoms with Crippen molar-refractivity contribution in [1.29, 1.82) is 0 Å². The molecule has 0 aromatic rings. The van der Waals surface area contributed by atoms with E-state index in [9.17, 15) is 18.0 Å². The first-order valence-electron chi connectivity index (χ1n) is 5.35.